The van der Waals surface area contributed by atoms with E-state index in [0.29, 0.717) is 34.4 Å². The molecule has 1 unspecified atom stereocenters. The number of nitrogens with one attached hydrogen (secondary N) is 1. The molecule has 1 saturated heterocycles. The molecule has 0 saturated carbocycles. The molecule has 1 aliphatic heterocycles. The first-order valence-electron chi connectivity index (χ1n) is 9.85. The molecule has 3 N–H and O–H groups in total. The van der Waals surface area contributed by atoms with Gasteiger partial charge in [-0.2, -0.15) is 0 Å². The maximum atomic E-state index is 15.1. The fraction of sp³-hybridized carbons (Fsp3) is 0.174. The molecule has 1 fully saturated rings. The van der Waals surface area contributed by atoms with Gasteiger partial charge in [-0.15, -0.1) is 0 Å². The number of H-pyrrole nitrogens is 1. The van der Waals surface area contributed by atoms with E-state index in [-0.39, 0.29) is 29.9 Å². The predicted molar refractivity (Wildman–Crippen MR) is 115 cm³/mol. The number of nitrogens with zero attached hydrogens (tertiary/aromatic N) is 3. The van der Waals surface area contributed by atoms with Gasteiger partial charge in [0.2, 0.25) is 5.91 Å². The second-order valence-electron chi connectivity index (χ2n) is 7.82. The summed E-state index contributed by atoms with van der Waals surface area (Å²) in [5.74, 6) is -0.815. The number of carbonyl (C=O) groups is 1. The molecule has 1 aliphatic rings. The highest BCUT2D eigenvalue weighted by Crippen LogP contribution is 2.36. The zero-order chi connectivity index (χ0) is 21.7. The first-order chi connectivity index (χ1) is 14.9. The van der Waals surface area contributed by atoms with Crippen molar-refractivity contribution in [2.24, 2.45) is 0 Å². The minimum Gasteiger partial charge on any atom is -0.383 e. The molecule has 0 aliphatic carbocycles. The first kappa shape index (κ1) is 19.2. The summed E-state index contributed by atoms with van der Waals surface area (Å²) in [5, 5.41) is 0.549. The van der Waals surface area contributed by atoms with Crippen LogP contribution in [0.1, 0.15) is 23.5 Å². The quantitative estimate of drug-likeness (QED) is 0.518. The number of rotatable bonds is 3. The number of hydrogen-bond donors (Lipinski definition) is 2. The number of carbonyl (C=O) groups excluding carboxylic acids is 1. The van der Waals surface area contributed by atoms with E-state index < -0.39 is 5.82 Å². The normalized spacial score (nSPS) is 16.4. The van der Waals surface area contributed by atoms with Gasteiger partial charge in [0, 0.05) is 41.9 Å². The molecule has 1 amide bonds. The standard InChI is InChI=1S/C23H19F2N5O/c1-12-4-13(6-15(24)5-12)14-7-20(31)30(10-14)16-2-3-17(19(25)8-16)18-9-27-23-21(18)22(26)28-11-29-23/h2-6,8-9,11,14H,7,10H2,1H3,(H3,26,27,28,29). The highest BCUT2D eigenvalue weighted by atomic mass is 19.1. The number of anilines is 2. The van der Waals surface area contributed by atoms with E-state index in [1.165, 1.54) is 24.5 Å². The van der Waals surface area contributed by atoms with Gasteiger partial charge in [-0.05, 0) is 48.4 Å². The van der Waals surface area contributed by atoms with E-state index in [0.717, 1.165) is 11.1 Å². The van der Waals surface area contributed by atoms with Crippen LogP contribution in [0.2, 0.25) is 0 Å². The Kier molecular flexibility index (Phi) is 4.43. The van der Waals surface area contributed by atoms with Crippen LogP contribution in [0.5, 0.6) is 0 Å². The van der Waals surface area contributed by atoms with E-state index in [2.05, 4.69) is 15.0 Å². The van der Waals surface area contributed by atoms with E-state index in [1.807, 2.05) is 13.0 Å². The van der Waals surface area contributed by atoms with Crippen molar-refractivity contribution in [3.63, 3.8) is 0 Å². The zero-order valence-electron chi connectivity index (χ0n) is 16.7. The van der Waals surface area contributed by atoms with Gasteiger partial charge in [-0.25, -0.2) is 18.7 Å². The van der Waals surface area contributed by atoms with Crippen molar-refractivity contribution in [2.75, 3.05) is 17.2 Å². The molecule has 1 atom stereocenters. The molecule has 0 bridgehead atoms. The summed E-state index contributed by atoms with van der Waals surface area (Å²) in [6.07, 6.45) is 3.23. The molecule has 2 aromatic heterocycles. The summed E-state index contributed by atoms with van der Waals surface area (Å²) in [4.78, 5) is 25.3. The third-order valence-electron chi connectivity index (χ3n) is 5.71. The lowest BCUT2D eigenvalue weighted by atomic mass is 9.96. The number of aromatic amines is 1. The van der Waals surface area contributed by atoms with Gasteiger partial charge in [-0.1, -0.05) is 6.07 Å². The van der Waals surface area contributed by atoms with Crippen molar-refractivity contribution >= 4 is 28.4 Å². The molecule has 8 heteroatoms. The maximum absolute atomic E-state index is 15.1. The van der Waals surface area contributed by atoms with E-state index >= 15 is 4.39 Å². The van der Waals surface area contributed by atoms with Crippen LogP contribution >= 0.6 is 0 Å². The highest BCUT2D eigenvalue weighted by Gasteiger charge is 2.32. The number of aryl methyl sites for hydroxylation is 1. The van der Waals surface area contributed by atoms with Crippen molar-refractivity contribution in [3.05, 3.63) is 71.7 Å². The Hall–Kier alpha value is -3.81. The van der Waals surface area contributed by atoms with Gasteiger partial charge in [0.1, 0.15) is 29.4 Å². The van der Waals surface area contributed by atoms with Crippen molar-refractivity contribution in [3.8, 4) is 11.1 Å². The average molecular weight is 419 g/mol. The van der Waals surface area contributed by atoms with Gasteiger partial charge >= 0.3 is 0 Å². The SMILES string of the molecule is Cc1cc(F)cc(C2CC(=O)N(c3ccc(-c4c[nH]c5ncnc(N)c45)c(F)c3)C2)c1. The number of halogens is 2. The molecule has 3 heterocycles. The van der Waals surface area contributed by atoms with Crippen LogP contribution in [0, 0.1) is 18.6 Å². The van der Waals surface area contributed by atoms with Crippen LogP contribution in [0.15, 0.2) is 48.9 Å². The minimum absolute atomic E-state index is 0.121. The monoisotopic (exact) mass is 419 g/mol. The predicted octanol–water partition coefficient (Wildman–Crippen LogP) is 4.31. The third kappa shape index (κ3) is 3.30. The van der Waals surface area contributed by atoms with Crippen LogP contribution in [0.3, 0.4) is 0 Å². The molecule has 0 radical (unpaired) electrons. The lowest BCUT2D eigenvalue weighted by molar-refractivity contribution is -0.117. The van der Waals surface area contributed by atoms with Gasteiger partial charge in [0.25, 0.3) is 0 Å². The lowest BCUT2D eigenvalue weighted by Crippen LogP contribution is -2.24. The average Bonchev–Trinajstić information content (AvgIpc) is 3.32. The summed E-state index contributed by atoms with van der Waals surface area (Å²) < 4.78 is 28.9. The molecular weight excluding hydrogens is 400 g/mol. The van der Waals surface area contributed by atoms with Gasteiger partial charge < -0.3 is 15.6 Å². The number of hydrogen-bond acceptors (Lipinski definition) is 4. The van der Waals surface area contributed by atoms with Crippen LogP contribution < -0.4 is 10.6 Å². The number of fused-ring (bicyclic) bond motifs is 1. The summed E-state index contributed by atoms with van der Waals surface area (Å²) in [5.41, 5.74) is 9.41. The largest absolute Gasteiger partial charge is 0.383 e. The second-order valence-corrected chi connectivity index (χ2v) is 7.82. The molecule has 2 aromatic carbocycles. The van der Waals surface area contributed by atoms with Crippen LogP contribution in [-0.2, 0) is 4.79 Å². The zero-order valence-corrected chi connectivity index (χ0v) is 16.7. The molecule has 156 valence electrons. The number of nitrogen functional groups attached to an aromatic ring is 1. The van der Waals surface area contributed by atoms with Crippen molar-refractivity contribution in [1.29, 1.82) is 0 Å². The van der Waals surface area contributed by atoms with E-state index in [9.17, 15) is 9.18 Å². The third-order valence-corrected chi connectivity index (χ3v) is 5.71. The van der Waals surface area contributed by atoms with Crippen LogP contribution in [0.25, 0.3) is 22.2 Å². The molecule has 6 nitrogen and oxygen atoms in total. The van der Waals surface area contributed by atoms with Crippen molar-refractivity contribution in [2.45, 2.75) is 19.3 Å². The Bertz CT molecular complexity index is 1310. The lowest BCUT2D eigenvalue weighted by Gasteiger charge is -2.18. The Labute approximate surface area is 176 Å². The fourth-order valence-corrected chi connectivity index (χ4v) is 4.27. The Morgan fingerprint density at radius 3 is 2.74 bits per heavy atom. The number of amides is 1. The number of aromatic nitrogens is 3. The molecule has 4 aromatic rings. The highest BCUT2D eigenvalue weighted by molar-refractivity contribution is 6.01. The Morgan fingerprint density at radius 2 is 1.97 bits per heavy atom. The minimum atomic E-state index is -0.487. The molecule has 5 rings (SSSR count). The van der Waals surface area contributed by atoms with E-state index in [1.54, 1.807) is 23.2 Å². The summed E-state index contributed by atoms with van der Waals surface area (Å²) >= 11 is 0. The van der Waals surface area contributed by atoms with E-state index in [4.69, 9.17) is 5.73 Å². The summed E-state index contributed by atoms with van der Waals surface area (Å²) in [7, 11) is 0. The van der Waals surface area contributed by atoms with Gasteiger partial charge in [0.15, 0.2) is 0 Å². The Morgan fingerprint density at radius 1 is 1.13 bits per heavy atom. The Balaban J connectivity index is 1.47. The second kappa shape index (κ2) is 7.16. The van der Waals surface area contributed by atoms with Crippen molar-refractivity contribution < 1.29 is 13.6 Å². The number of benzene rings is 2. The molecular formula is C23H19F2N5O. The van der Waals surface area contributed by atoms with Crippen LogP contribution in [0.4, 0.5) is 20.3 Å². The maximum Gasteiger partial charge on any atom is 0.227 e. The van der Waals surface area contributed by atoms with Crippen LogP contribution in [-0.4, -0.2) is 27.4 Å². The summed E-state index contributed by atoms with van der Waals surface area (Å²) in [6.45, 7) is 2.19. The topological polar surface area (TPSA) is 87.9 Å². The van der Waals surface area contributed by atoms with Gasteiger partial charge in [0.05, 0.1) is 5.39 Å². The molecule has 31 heavy (non-hydrogen) atoms. The smallest absolute Gasteiger partial charge is 0.227 e. The molecule has 0 spiro atoms. The van der Waals surface area contributed by atoms with Crippen molar-refractivity contribution in [1.82, 2.24) is 15.0 Å². The van der Waals surface area contributed by atoms with Gasteiger partial charge in [-0.3, -0.25) is 4.79 Å². The fourth-order valence-electron chi connectivity index (χ4n) is 4.27. The number of nitrogens with two attached hydrogens (primary N) is 1. The summed E-state index contributed by atoms with van der Waals surface area (Å²) in [6, 6.07) is 9.46. The first-order valence-corrected chi connectivity index (χ1v) is 9.85.